The van der Waals surface area contributed by atoms with Crippen LogP contribution in [0, 0.1) is 10.1 Å². The summed E-state index contributed by atoms with van der Waals surface area (Å²) in [6.45, 7) is 0. The number of nitro groups is 1. The van der Waals surface area contributed by atoms with E-state index in [2.05, 4.69) is 10.3 Å². The maximum Gasteiger partial charge on any atom is 0.271 e. The number of nitrogens with zero attached hydrogens (tertiary/aromatic N) is 2. The van der Waals surface area contributed by atoms with Crippen LogP contribution in [-0.2, 0) is 0 Å². The minimum absolute atomic E-state index is 0.0782. The fourth-order valence-corrected chi connectivity index (χ4v) is 2.09. The molecule has 2 rings (SSSR count). The monoisotopic (exact) mass is 319 g/mol. The first-order valence-corrected chi connectivity index (χ1v) is 6.79. The molecule has 2 aromatic carbocycles. The highest BCUT2D eigenvalue weighted by molar-refractivity contribution is 6.32. The molecule has 0 aliphatic carbocycles. The molecule has 0 aromatic heterocycles. The van der Waals surface area contributed by atoms with Gasteiger partial charge in [-0.1, -0.05) is 11.6 Å². The molecule has 0 aliphatic heterocycles. The lowest BCUT2D eigenvalue weighted by Gasteiger charge is -2.09. The van der Waals surface area contributed by atoms with E-state index < -0.39 is 4.92 Å². The average Bonchev–Trinajstić information content (AvgIpc) is 2.52. The van der Waals surface area contributed by atoms with E-state index in [4.69, 9.17) is 16.3 Å². The average molecular weight is 320 g/mol. The molecule has 2 aromatic rings. The molecule has 0 fully saturated rings. The molecular formula is C15H14ClN3O3. The summed E-state index contributed by atoms with van der Waals surface area (Å²) < 4.78 is 5.63. The molecule has 0 heterocycles. The summed E-state index contributed by atoms with van der Waals surface area (Å²) in [5.74, 6) is 1.70. The van der Waals surface area contributed by atoms with Crippen LogP contribution in [0.4, 0.5) is 5.69 Å². The lowest BCUT2D eigenvalue weighted by molar-refractivity contribution is -0.384. The molecule has 22 heavy (non-hydrogen) atoms. The number of benzene rings is 2. The first-order valence-electron chi connectivity index (χ1n) is 6.42. The molecular weight excluding hydrogens is 306 g/mol. The third-order valence-electron chi connectivity index (χ3n) is 2.94. The summed E-state index contributed by atoms with van der Waals surface area (Å²) in [6.07, 6.45) is 0. The molecule has 0 unspecified atom stereocenters. The largest absolute Gasteiger partial charge is 0.456 e. The Morgan fingerprint density at radius 2 is 1.95 bits per heavy atom. The second-order valence-electron chi connectivity index (χ2n) is 4.32. The van der Waals surface area contributed by atoms with Crippen molar-refractivity contribution in [2.45, 2.75) is 0 Å². The molecule has 0 aliphatic rings. The fourth-order valence-electron chi connectivity index (χ4n) is 1.88. The number of halogens is 1. The van der Waals surface area contributed by atoms with Crippen LogP contribution >= 0.6 is 11.6 Å². The predicted molar refractivity (Wildman–Crippen MR) is 86.1 cm³/mol. The van der Waals surface area contributed by atoms with E-state index in [1.54, 1.807) is 26.2 Å². The van der Waals surface area contributed by atoms with Crippen molar-refractivity contribution in [1.29, 1.82) is 0 Å². The van der Waals surface area contributed by atoms with Crippen molar-refractivity contribution < 1.29 is 9.66 Å². The smallest absolute Gasteiger partial charge is 0.271 e. The highest BCUT2D eigenvalue weighted by Crippen LogP contribution is 2.32. The van der Waals surface area contributed by atoms with Crippen LogP contribution in [0.1, 0.15) is 5.56 Å². The van der Waals surface area contributed by atoms with Gasteiger partial charge in [-0.05, 0) is 30.3 Å². The van der Waals surface area contributed by atoms with E-state index in [0.29, 0.717) is 11.5 Å². The summed E-state index contributed by atoms with van der Waals surface area (Å²) in [7, 11) is 3.50. The summed E-state index contributed by atoms with van der Waals surface area (Å²) in [5.41, 5.74) is 0.845. The summed E-state index contributed by atoms with van der Waals surface area (Å²) in [5, 5.41) is 13.8. The van der Waals surface area contributed by atoms with Crippen LogP contribution in [0.5, 0.6) is 11.5 Å². The standard InChI is InChI=1S/C15H14ClN3O3/c1-17-15(18-2)10-3-6-12(7-4-10)22-14-8-5-11(19(20)21)9-13(14)16/h3-9H,1-2H3,(H,17,18). The minimum Gasteiger partial charge on any atom is -0.456 e. The Kier molecular flexibility index (Phi) is 4.95. The van der Waals surface area contributed by atoms with E-state index in [9.17, 15) is 10.1 Å². The summed E-state index contributed by atoms with van der Waals surface area (Å²) in [4.78, 5) is 14.3. The van der Waals surface area contributed by atoms with Crippen LogP contribution in [-0.4, -0.2) is 24.9 Å². The molecule has 0 saturated carbocycles. The fraction of sp³-hybridized carbons (Fsp3) is 0.133. The van der Waals surface area contributed by atoms with Gasteiger partial charge in [-0.3, -0.25) is 15.1 Å². The molecule has 0 bridgehead atoms. The van der Waals surface area contributed by atoms with E-state index in [-0.39, 0.29) is 10.7 Å². The zero-order chi connectivity index (χ0) is 16.1. The normalized spacial score (nSPS) is 11.1. The Labute approximate surface area is 132 Å². The topological polar surface area (TPSA) is 76.8 Å². The number of nitrogens with one attached hydrogen (secondary N) is 1. The second kappa shape index (κ2) is 6.91. The SMILES string of the molecule is CN=C(NC)c1ccc(Oc2ccc([N+](=O)[O-])cc2Cl)cc1. The van der Waals surface area contributed by atoms with Gasteiger partial charge >= 0.3 is 0 Å². The Morgan fingerprint density at radius 3 is 2.45 bits per heavy atom. The molecule has 7 heteroatoms. The Bertz CT molecular complexity index is 714. The van der Waals surface area contributed by atoms with Gasteiger partial charge in [0.05, 0.1) is 9.95 Å². The molecule has 0 atom stereocenters. The molecule has 0 radical (unpaired) electrons. The zero-order valence-electron chi connectivity index (χ0n) is 12.0. The quantitative estimate of drug-likeness (QED) is 0.404. The zero-order valence-corrected chi connectivity index (χ0v) is 12.8. The molecule has 0 spiro atoms. The Balaban J connectivity index is 2.19. The van der Waals surface area contributed by atoms with Gasteiger partial charge in [0.2, 0.25) is 0 Å². The molecule has 0 amide bonds. The Hall–Kier alpha value is -2.60. The number of aliphatic imine (C=N–C) groups is 1. The van der Waals surface area contributed by atoms with Gasteiger partial charge < -0.3 is 10.1 Å². The number of nitro benzene ring substituents is 1. The molecule has 0 saturated heterocycles. The van der Waals surface area contributed by atoms with Crippen molar-refractivity contribution in [1.82, 2.24) is 5.32 Å². The number of hydrogen-bond donors (Lipinski definition) is 1. The van der Waals surface area contributed by atoms with Gasteiger partial charge in [0.15, 0.2) is 0 Å². The van der Waals surface area contributed by atoms with Crippen molar-refractivity contribution in [3.05, 3.63) is 63.2 Å². The van der Waals surface area contributed by atoms with Crippen molar-refractivity contribution in [3.63, 3.8) is 0 Å². The third-order valence-corrected chi connectivity index (χ3v) is 3.24. The van der Waals surface area contributed by atoms with E-state index >= 15 is 0 Å². The molecule has 6 nitrogen and oxygen atoms in total. The van der Waals surface area contributed by atoms with Crippen LogP contribution in [0.2, 0.25) is 5.02 Å². The van der Waals surface area contributed by atoms with Crippen LogP contribution < -0.4 is 10.1 Å². The number of ether oxygens (including phenoxy) is 1. The van der Waals surface area contributed by atoms with E-state index in [1.165, 1.54) is 18.2 Å². The van der Waals surface area contributed by atoms with Gasteiger partial charge in [-0.2, -0.15) is 0 Å². The number of amidine groups is 1. The lowest BCUT2D eigenvalue weighted by atomic mass is 10.2. The predicted octanol–water partition coefficient (Wildman–Crippen LogP) is 3.64. The Morgan fingerprint density at radius 1 is 1.27 bits per heavy atom. The number of hydrogen-bond acceptors (Lipinski definition) is 4. The summed E-state index contributed by atoms with van der Waals surface area (Å²) >= 11 is 5.99. The second-order valence-corrected chi connectivity index (χ2v) is 4.73. The maximum absolute atomic E-state index is 10.7. The van der Waals surface area contributed by atoms with Gasteiger partial charge in [0.25, 0.3) is 5.69 Å². The van der Waals surface area contributed by atoms with Gasteiger partial charge in [0.1, 0.15) is 17.3 Å². The van der Waals surface area contributed by atoms with Crippen molar-refractivity contribution in [2.24, 2.45) is 4.99 Å². The van der Waals surface area contributed by atoms with Crippen molar-refractivity contribution in [2.75, 3.05) is 14.1 Å². The van der Waals surface area contributed by atoms with E-state index in [0.717, 1.165) is 11.4 Å². The van der Waals surface area contributed by atoms with Gasteiger partial charge in [0, 0.05) is 31.8 Å². The first kappa shape index (κ1) is 15.8. The van der Waals surface area contributed by atoms with Crippen LogP contribution in [0.15, 0.2) is 47.5 Å². The summed E-state index contributed by atoms with van der Waals surface area (Å²) in [6, 6.07) is 11.3. The maximum atomic E-state index is 10.7. The molecule has 114 valence electrons. The van der Waals surface area contributed by atoms with Gasteiger partial charge in [-0.25, -0.2) is 0 Å². The van der Waals surface area contributed by atoms with Gasteiger partial charge in [-0.15, -0.1) is 0 Å². The molecule has 1 N–H and O–H groups in total. The number of rotatable bonds is 4. The van der Waals surface area contributed by atoms with E-state index in [1.807, 2.05) is 12.1 Å². The highest BCUT2D eigenvalue weighted by atomic mass is 35.5. The lowest BCUT2D eigenvalue weighted by Crippen LogP contribution is -2.19. The number of non-ortho nitro benzene ring substituents is 1. The minimum atomic E-state index is -0.506. The van der Waals surface area contributed by atoms with Crippen molar-refractivity contribution in [3.8, 4) is 11.5 Å². The van der Waals surface area contributed by atoms with Crippen LogP contribution in [0.3, 0.4) is 0 Å². The third kappa shape index (κ3) is 3.53. The van der Waals surface area contributed by atoms with Crippen LogP contribution in [0.25, 0.3) is 0 Å². The highest BCUT2D eigenvalue weighted by Gasteiger charge is 2.11. The van der Waals surface area contributed by atoms with Crippen molar-refractivity contribution >= 4 is 23.1 Å². The first-order chi connectivity index (χ1) is 10.5.